The van der Waals surface area contributed by atoms with Gasteiger partial charge in [-0.25, -0.2) is 0 Å². The van der Waals surface area contributed by atoms with Crippen molar-refractivity contribution >= 4 is 17.3 Å². The Kier molecular flexibility index (Phi) is 3.11. The quantitative estimate of drug-likeness (QED) is 0.719. The summed E-state index contributed by atoms with van der Waals surface area (Å²) < 4.78 is 0. The lowest BCUT2D eigenvalue weighted by molar-refractivity contribution is 0.739. The van der Waals surface area contributed by atoms with E-state index < -0.39 is 0 Å². The maximum Gasteiger partial charge on any atom is 0.0478 e. The van der Waals surface area contributed by atoms with E-state index in [1.165, 1.54) is 23.3 Å². The molecule has 0 aliphatic carbocycles. The lowest BCUT2D eigenvalue weighted by Crippen LogP contribution is -2.01. The summed E-state index contributed by atoms with van der Waals surface area (Å²) in [5, 5.41) is 0.822. The fraction of sp³-hybridized carbons (Fsp3) is 0.462. The van der Waals surface area contributed by atoms with Gasteiger partial charge in [0.05, 0.1) is 0 Å². The van der Waals surface area contributed by atoms with E-state index in [9.17, 15) is 0 Å². The van der Waals surface area contributed by atoms with E-state index in [4.69, 9.17) is 11.6 Å². The van der Waals surface area contributed by atoms with Gasteiger partial charge in [-0.2, -0.15) is 0 Å². The summed E-state index contributed by atoms with van der Waals surface area (Å²) in [5.41, 5.74) is 3.87. The zero-order valence-corrected chi connectivity index (χ0v) is 10.0. The molecule has 1 atom stereocenters. The first-order chi connectivity index (χ1) is 7.20. The first-order valence-electron chi connectivity index (χ1n) is 5.56. The van der Waals surface area contributed by atoms with Gasteiger partial charge >= 0.3 is 0 Å². The average molecular weight is 222 g/mol. The molecule has 0 fully saturated rings. The minimum atomic E-state index is 0.486. The first-order valence-corrected chi connectivity index (χ1v) is 5.94. The smallest absolute Gasteiger partial charge is 0.0478 e. The van der Waals surface area contributed by atoms with Gasteiger partial charge in [-0.05, 0) is 49.4 Å². The maximum absolute atomic E-state index is 5.99. The van der Waals surface area contributed by atoms with Crippen molar-refractivity contribution < 1.29 is 0 Å². The number of benzene rings is 1. The van der Waals surface area contributed by atoms with Gasteiger partial charge in [-0.15, -0.1) is 0 Å². The highest BCUT2D eigenvalue weighted by Crippen LogP contribution is 2.23. The average Bonchev–Trinajstić information content (AvgIpc) is 2.64. The number of rotatable bonds is 2. The number of hydrogen-bond acceptors (Lipinski definition) is 1. The van der Waals surface area contributed by atoms with Crippen LogP contribution in [0.3, 0.4) is 0 Å². The van der Waals surface area contributed by atoms with Crippen LogP contribution in [0.5, 0.6) is 0 Å². The van der Waals surface area contributed by atoms with Crippen LogP contribution in [0.2, 0.25) is 5.02 Å². The molecule has 2 heteroatoms. The Morgan fingerprint density at radius 1 is 1.47 bits per heavy atom. The third-order valence-electron chi connectivity index (χ3n) is 2.93. The normalized spacial score (nSPS) is 20.5. The van der Waals surface area contributed by atoms with Crippen molar-refractivity contribution in [2.45, 2.75) is 39.2 Å². The monoisotopic (exact) mass is 221 g/mol. The van der Waals surface area contributed by atoms with Crippen LogP contribution in [0.15, 0.2) is 23.2 Å². The van der Waals surface area contributed by atoms with E-state index in [1.807, 2.05) is 6.07 Å². The van der Waals surface area contributed by atoms with Crippen LogP contribution >= 0.6 is 11.6 Å². The van der Waals surface area contributed by atoms with Crippen molar-refractivity contribution in [2.75, 3.05) is 0 Å². The number of halogens is 1. The molecule has 1 heterocycles. The molecule has 0 N–H and O–H groups in total. The highest BCUT2D eigenvalue weighted by Gasteiger charge is 2.16. The van der Waals surface area contributed by atoms with Crippen LogP contribution < -0.4 is 0 Å². The molecule has 0 spiro atoms. The van der Waals surface area contributed by atoms with Crippen LogP contribution in [0.4, 0.5) is 0 Å². The van der Waals surface area contributed by atoms with Crippen LogP contribution in [0, 0.1) is 0 Å². The van der Waals surface area contributed by atoms with E-state index >= 15 is 0 Å². The molecule has 0 radical (unpaired) electrons. The van der Waals surface area contributed by atoms with Crippen molar-refractivity contribution in [3.8, 4) is 0 Å². The van der Waals surface area contributed by atoms with Crippen molar-refractivity contribution in [1.29, 1.82) is 0 Å². The van der Waals surface area contributed by atoms with Gasteiger partial charge in [-0.3, -0.25) is 4.99 Å². The lowest BCUT2D eigenvalue weighted by Gasteiger charge is -2.07. The van der Waals surface area contributed by atoms with Gasteiger partial charge in [0.1, 0.15) is 0 Å². The Balaban J connectivity index is 2.39. The number of aliphatic imine (C=N–C) groups is 1. The van der Waals surface area contributed by atoms with E-state index in [-0.39, 0.29) is 0 Å². The van der Waals surface area contributed by atoms with Crippen molar-refractivity contribution in [1.82, 2.24) is 0 Å². The second-order valence-corrected chi connectivity index (χ2v) is 4.55. The van der Waals surface area contributed by atoms with Crippen molar-refractivity contribution in [3.63, 3.8) is 0 Å². The first kappa shape index (κ1) is 10.7. The van der Waals surface area contributed by atoms with E-state index in [1.54, 1.807) is 0 Å². The molecule has 0 bridgehead atoms. The SMILES string of the molecule is CCc1cc(Cl)ccc1C1=NC(C)CC1. The summed E-state index contributed by atoms with van der Waals surface area (Å²) in [6.45, 7) is 4.34. The summed E-state index contributed by atoms with van der Waals surface area (Å²) in [4.78, 5) is 4.67. The van der Waals surface area contributed by atoms with Crippen LogP contribution in [-0.4, -0.2) is 11.8 Å². The Morgan fingerprint density at radius 3 is 2.87 bits per heavy atom. The molecule has 15 heavy (non-hydrogen) atoms. The Morgan fingerprint density at radius 2 is 2.27 bits per heavy atom. The van der Waals surface area contributed by atoms with Gasteiger partial charge in [-0.1, -0.05) is 24.6 Å². The minimum absolute atomic E-state index is 0.486. The number of aryl methyl sites for hydroxylation is 1. The van der Waals surface area contributed by atoms with E-state index in [0.29, 0.717) is 6.04 Å². The van der Waals surface area contributed by atoms with Gasteiger partial charge in [0.2, 0.25) is 0 Å². The van der Waals surface area contributed by atoms with E-state index in [0.717, 1.165) is 17.9 Å². The van der Waals surface area contributed by atoms with Gasteiger partial charge < -0.3 is 0 Å². The molecule has 0 saturated heterocycles. The molecule has 0 aromatic heterocycles. The second kappa shape index (κ2) is 4.36. The molecular formula is C13H16ClN. The maximum atomic E-state index is 5.99. The topological polar surface area (TPSA) is 12.4 Å². The van der Waals surface area contributed by atoms with Gasteiger partial charge in [0.15, 0.2) is 0 Å². The fourth-order valence-corrected chi connectivity index (χ4v) is 2.28. The zero-order chi connectivity index (χ0) is 10.8. The molecule has 1 aliphatic rings. The summed E-state index contributed by atoms with van der Waals surface area (Å²) in [6.07, 6.45) is 3.31. The summed E-state index contributed by atoms with van der Waals surface area (Å²) in [6, 6.07) is 6.61. The zero-order valence-electron chi connectivity index (χ0n) is 9.26. The number of nitrogens with zero attached hydrogens (tertiary/aromatic N) is 1. The molecule has 0 amide bonds. The van der Waals surface area contributed by atoms with E-state index in [2.05, 4.69) is 31.0 Å². The van der Waals surface area contributed by atoms with Crippen molar-refractivity contribution in [2.24, 2.45) is 4.99 Å². The van der Waals surface area contributed by atoms with Crippen LogP contribution in [-0.2, 0) is 6.42 Å². The number of hydrogen-bond donors (Lipinski definition) is 0. The molecule has 1 aromatic carbocycles. The Hall–Kier alpha value is -0.820. The predicted molar refractivity (Wildman–Crippen MR) is 66.1 cm³/mol. The summed E-state index contributed by atoms with van der Waals surface area (Å²) >= 11 is 5.99. The fourth-order valence-electron chi connectivity index (χ4n) is 2.08. The summed E-state index contributed by atoms with van der Waals surface area (Å²) in [7, 11) is 0. The van der Waals surface area contributed by atoms with Crippen molar-refractivity contribution in [3.05, 3.63) is 34.3 Å². The predicted octanol–water partition coefficient (Wildman–Crippen LogP) is 3.87. The Labute approximate surface area is 96.2 Å². The Bertz CT molecular complexity index is 396. The molecule has 80 valence electrons. The lowest BCUT2D eigenvalue weighted by atomic mass is 9.99. The van der Waals surface area contributed by atoms with Gasteiger partial charge in [0, 0.05) is 16.8 Å². The second-order valence-electron chi connectivity index (χ2n) is 4.12. The molecule has 0 saturated carbocycles. The minimum Gasteiger partial charge on any atom is -0.286 e. The standard InChI is InChI=1S/C13H16ClN/c1-3-10-8-11(14)5-6-12(10)13-7-4-9(2)15-13/h5-6,8-9H,3-4,7H2,1-2H3. The van der Waals surface area contributed by atoms with Crippen LogP contribution in [0.1, 0.15) is 37.8 Å². The molecule has 2 rings (SSSR count). The van der Waals surface area contributed by atoms with Crippen LogP contribution in [0.25, 0.3) is 0 Å². The molecule has 1 aromatic rings. The largest absolute Gasteiger partial charge is 0.286 e. The third-order valence-corrected chi connectivity index (χ3v) is 3.17. The molecular weight excluding hydrogens is 206 g/mol. The van der Waals surface area contributed by atoms with Gasteiger partial charge in [0.25, 0.3) is 0 Å². The molecule has 1 aliphatic heterocycles. The molecule has 1 unspecified atom stereocenters. The highest BCUT2D eigenvalue weighted by molar-refractivity contribution is 6.30. The third kappa shape index (κ3) is 2.23. The summed E-state index contributed by atoms with van der Waals surface area (Å²) in [5.74, 6) is 0. The molecule has 1 nitrogen and oxygen atoms in total. The highest BCUT2D eigenvalue weighted by atomic mass is 35.5.